The number of hydrazone groups is 1. The molecule has 4 nitrogen and oxygen atoms in total. The Morgan fingerprint density at radius 2 is 1.79 bits per heavy atom. The smallest absolute Gasteiger partial charge is 0.362 e. The molecule has 0 spiro atoms. The summed E-state index contributed by atoms with van der Waals surface area (Å²) in [5, 5.41) is 17.5. The first-order valence-electron chi connectivity index (χ1n) is 8.66. The monoisotopic (exact) mass is 401 g/mol. The van der Waals surface area contributed by atoms with Crippen LogP contribution in [0.4, 0.5) is 18.3 Å². The first-order valence-corrected chi connectivity index (χ1v) is 9.54. The topological polar surface area (TPSA) is 48.7 Å². The molecule has 0 saturated heterocycles. The number of halogens is 3. The minimum atomic E-state index is -4.90. The van der Waals surface area contributed by atoms with Gasteiger partial charge in [0.2, 0.25) is 5.13 Å². The summed E-state index contributed by atoms with van der Waals surface area (Å²) in [5.74, 6) is -1.19. The Morgan fingerprint density at radius 3 is 2.54 bits per heavy atom. The number of alkyl halides is 3. The van der Waals surface area contributed by atoms with Gasteiger partial charge in [0.1, 0.15) is 0 Å². The van der Waals surface area contributed by atoms with Gasteiger partial charge in [0.25, 0.3) is 5.72 Å². The van der Waals surface area contributed by atoms with Crippen molar-refractivity contribution in [1.29, 1.82) is 0 Å². The summed E-state index contributed by atoms with van der Waals surface area (Å²) < 4.78 is 42.3. The van der Waals surface area contributed by atoms with Crippen LogP contribution in [0.25, 0.3) is 11.3 Å². The van der Waals surface area contributed by atoms with Gasteiger partial charge in [-0.3, -0.25) is 0 Å². The molecule has 8 heteroatoms. The predicted octanol–water partition coefficient (Wildman–Crippen LogP) is 4.46. The molecule has 1 N–H and O–H groups in total. The quantitative estimate of drug-likeness (QED) is 0.690. The zero-order valence-corrected chi connectivity index (χ0v) is 15.2. The fourth-order valence-electron chi connectivity index (χ4n) is 3.85. The molecule has 2 heterocycles. The fraction of sp³-hybridized carbons (Fsp3) is 0.200. The molecule has 0 amide bonds. The largest absolute Gasteiger partial charge is 0.439 e. The van der Waals surface area contributed by atoms with Crippen molar-refractivity contribution >= 4 is 22.2 Å². The van der Waals surface area contributed by atoms with Gasteiger partial charge in [-0.1, -0.05) is 54.6 Å². The first kappa shape index (κ1) is 17.4. The van der Waals surface area contributed by atoms with Crippen LogP contribution >= 0.6 is 11.3 Å². The maximum Gasteiger partial charge on any atom is 0.439 e. The number of fused-ring (bicyclic) bond motifs is 3. The van der Waals surface area contributed by atoms with E-state index in [2.05, 4.69) is 10.1 Å². The van der Waals surface area contributed by atoms with Gasteiger partial charge in [-0.2, -0.15) is 23.3 Å². The van der Waals surface area contributed by atoms with Crippen molar-refractivity contribution < 1.29 is 18.3 Å². The van der Waals surface area contributed by atoms with E-state index in [0.717, 1.165) is 22.5 Å². The van der Waals surface area contributed by atoms with Crippen LogP contribution in [0.2, 0.25) is 0 Å². The Bertz CT molecular complexity index is 1080. The summed E-state index contributed by atoms with van der Waals surface area (Å²) in [5.41, 5.74) is -0.129. The number of rotatable bonds is 2. The van der Waals surface area contributed by atoms with Crippen LogP contribution in [-0.2, 0) is 6.42 Å². The van der Waals surface area contributed by atoms with Crippen LogP contribution in [0.1, 0.15) is 11.1 Å². The molecule has 0 radical (unpaired) electrons. The molecule has 1 aliphatic heterocycles. The highest BCUT2D eigenvalue weighted by Crippen LogP contribution is 2.51. The lowest BCUT2D eigenvalue weighted by Gasteiger charge is -2.36. The van der Waals surface area contributed by atoms with Gasteiger partial charge < -0.3 is 5.11 Å². The molecule has 2 aromatic carbocycles. The number of hydrogen-bond acceptors (Lipinski definition) is 5. The van der Waals surface area contributed by atoms with Crippen molar-refractivity contribution in [3.05, 3.63) is 71.1 Å². The molecule has 3 aromatic rings. The van der Waals surface area contributed by atoms with E-state index in [9.17, 15) is 18.3 Å². The van der Waals surface area contributed by atoms with E-state index in [1.807, 2.05) is 30.3 Å². The van der Waals surface area contributed by atoms with Gasteiger partial charge in [-0.15, -0.1) is 11.3 Å². The van der Waals surface area contributed by atoms with Crippen LogP contribution in [0.5, 0.6) is 0 Å². The Balaban J connectivity index is 1.62. The lowest BCUT2D eigenvalue weighted by atomic mass is 9.91. The highest BCUT2D eigenvalue weighted by Gasteiger charge is 2.69. The lowest BCUT2D eigenvalue weighted by molar-refractivity contribution is -0.267. The van der Waals surface area contributed by atoms with Crippen molar-refractivity contribution in [3.63, 3.8) is 0 Å². The summed E-state index contributed by atoms with van der Waals surface area (Å²) >= 11 is 1.03. The summed E-state index contributed by atoms with van der Waals surface area (Å²) in [6, 6.07) is 16.2. The van der Waals surface area contributed by atoms with E-state index in [1.54, 1.807) is 29.6 Å². The summed E-state index contributed by atoms with van der Waals surface area (Å²) in [6.07, 6.45) is -4.82. The molecule has 1 aliphatic carbocycles. The minimum absolute atomic E-state index is 0.0121. The predicted molar refractivity (Wildman–Crippen MR) is 101 cm³/mol. The zero-order chi connectivity index (χ0) is 19.5. The Labute approximate surface area is 162 Å². The Morgan fingerprint density at radius 1 is 1.07 bits per heavy atom. The van der Waals surface area contributed by atoms with Crippen LogP contribution in [-0.4, -0.2) is 27.7 Å². The van der Waals surface area contributed by atoms with Gasteiger partial charge in [-0.25, -0.2) is 4.98 Å². The van der Waals surface area contributed by atoms with E-state index in [4.69, 9.17) is 0 Å². The van der Waals surface area contributed by atoms with Crippen molar-refractivity contribution in [1.82, 2.24) is 4.98 Å². The van der Waals surface area contributed by atoms with Gasteiger partial charge in [0, 0.05) is 16.5 Å². The van der Waals surface area contributed by atoms with Crippen molar-refractivity contribution in [2.24, 2.45) is 11.0 Å². The third-order valence-electron chi connectivity index (χ3n) is 5.22. The lowest BCUT2D eigenvalue weighted by Crippen LogP contribution is -2.60. The van der Waals surface area contributed by atoms with Crippen LogP contribution in [0, 0.1) is 5.92 Å². The molecule has 28 heavy (non-hydrogen) atoms. The highest BCUT2D eigenvalue weighted by molar-refractivity contribution is 7.14. The second-order valence-electron chi connectivity index (χ2n) is 6.82. The van der Waals surface area contributed by atoms with E-state index in [-0.39, 0.29) is 17.3 Å². The molecule has 2 aliphatic rings. The highest BCUT2D eigenvalue weighted by atomic mass is 32.1. The number of aromatic nitrogens is 1. The van der Waals surface area contributed by atoms with E-state index < -0.39 is 17.8 Å². The second kappa shape index (κ2) is 5.89. The van der Waals surface area contributed by atoms with Crippen molar-refractivity contribution in [3.8, 4) is 11.3 Å². The molecule has 1 aromatic heterocycles. The standard InChI is InChI=1S/C20H14F3N3OS/c21-20(22,23)19(27)15-10-13-8-4-5-9-14(13)17(15)25-26(19)18-24-16(11-28-18)12-6-2-1-3-7-12/h1-9,11,15,27H,10H2/t15-,19+/m1/s1. The molecule has 0 unspecified atom stereocenters. The number of hydrogen-bond donors (Lipinski definition) is 1. The van der Waals surface area contributed by atoms with Crippen LogP contribution in [0.3, 0.4) is 0 Å². The Hall–Kier alpha value is -2.71. The number of benzene rings is 2. The maximum atomic E-state index is 14.1. The number of anilines is 1. The molecule has 0 bridgehead atoms. The first-order chi connectivity index (χ1) is 13.4. The number of aliphatic hydroxyl groups is 1. The fourth-order valence-corrected chi connectivity index (χ4v) is 4.69. The molecular weight excluding hydrogens is 387 g/mol. The molecule has 0 fully saturated rings. The Kier molecular flexibility index (Phi) is 3.66. The zero-order valence-electron chi connectivity index (χ0n) is 14.4. The van der Waals surface area contributed by atoms with Gasteiger partial charge in [0.15, 0.2) is 0 Å². The SMILES string of the molecule is O[C@]1(C(F)(F)F)[C@@H]2Cc3ccccc3C2=NN1c1nc(-c2ccccc2)cs1. The minimum Gasteiger partial charge on any atom is -0.362 e. The summed E-state index contributed by atoms with van der Waals surface area (Å²) in [4.78, 5) is 4.33. The molecule has 0 saturated carbocycles. The summed E-state index contributed by atoms with van der Waals surface area (Å²) in [6.45, 7) is 0. The maximum absolute atomic E-state index is 14.1. The summed E-state index contributed by atoms with van der Waals surface area (Å²) in [7, 11) is 0. The molecular formula is C20H14F3N3OS. The molecule has 142 valence electrons. The number of thiazole rings is 1. The van der Waals surface area contributed by atoms with E-state index in [0.29, 0.717) is 16.3 Å². The van der Waals surface area contributed by atoms with Gasteiger partial charge in [-0.05, 0) is 12.0 Å². The average molecular weight is 401 g/mol. The molecule has 5 rings (SSSR count). The number of nitrogens with zero attached hydrogens (tertiary/aromatic N) is 3. The van der Waals surface area contributed by atoms with E-state index in [1.165, 1.54) is 0 Å². The van der Waals surface area contributed by atoms with Crippen molar-refractivity contribution in [2.75, 3.05) is 5.01 Å². The van der Waals surface area contributed by atoms with E-state index >= 15 is 0 Å². The third kappa shape index (κ3) is 2.34. The van der Waals surface area contributed by atoms with Gasteiger partial charge in [0.05, 0.1) is 17.3 Å². The van der Waals surface area contributed by atoms with Crippen LogP contribution < -0.4 is 5.01 Å². The molecule has 2 atom stereocenters. The van der Waals surface area contributed by atoms with Gasteiger partial charge >= 0.3 is 6.18 Å². The normalized spacial score (nSPS) is 23.5. The second-order valence-corrected chi connectivity index (χ2v) is 7.65. The third-order valence-corrected chi connectivity index (χ3v) is 6.04. The van der Waals surface area contributed by atoms with Crippen LogP contribution in [0.15, 0.2) is 65.1 Å². The van der Waals surface area contributed by atoms with Crippen molar-refractivity contribution in [2.45, 2.75) is 18.3 Å². The average Bonchev–Trinajstić information content (AvgIpc) is 3.36.